The minimum atomic E-state index is -0.494. The molecule has 1 aliphatic rings. The second-order valence-electron chi connectivity index (χ2n) is 7.54. The van der Waals surface area contributed by atoms with Crippen molar-refractivity contribution >= 4 is 40.0 Å². The maximum absolute atomic E-state index is 14.2. The summed E-state index contributed by atoms with van der Waals surface area (Å²) in [5.74, 6) is -1.63. The van der Waals surface area contributed by atoms with Gasteiger partial charge in [-0.25, -0.2) is 4.39 Å². The van der Waals surface area contributed by atoms with E-state index >= 15 is 0 Å². The maximum Gasteiger partial charge on any atom is 0.234 e. The Morgan fingerprint density at radius 1 is 1.21 bits per heavy atom. The van der Waals surface area contributed by atoms with Gasteiger partial charge in [-0.05, 0) is 67.3 Å². The molecule has 2 aromatic carbocycles. The van der Waals surface area contributed by atoms with E-state index in [0.717, 1.165) is 5.56 Å². The number of hydrogen-bond donors (Lipinski definition) is 4. The van der Waals surface area contributed by atoms with E-state index in [4.69, 9.17) is 21.9 Å². The molecule has 0 saturated carbocycles. The molecule has 4 rings (SSSR count). The number of carbonyl (C=O) groups excluding carboxylic acids is 2. The number of aliphatic hydroxyl groups excluding tert-OH is 1. The number of nitrogens with one attached hydrogen (secondary N) is 2. The van der Waals surface area contributed by atoms with Gasteiger partial charge >= 0.3 is 0 Å². The molecule has 4 N–H and O–H groups in total. The van der Waals surface area contributed by atoms with Gasteiger partial charge in [-0.3, -0.25) is 30.6 Å². The zero-order valence-electron chi connectivity index (χ0n) is 18.2. The number of halogens is 2. The number of nitrogens with zero attached hydrogens (tertiary/aromatic N) is 1. The Bertz CT molecular complexity index is 1190. The van der Waals surface area contributed by atoms with Crippen LogP contribution in [-0.2, 0) is 48.9 Å². The van der Waals surface area contributed by atoms with Crippen LogP contribution in [0.25, 0.3) is 10.9 Å². The number of anilines is 1. The summed E-state index contributed by atoms with van der Waals surface area (Å²) >= 11 is 5.74. The summed E-state index contributed by atoms with van der Waals surface area (Å²) in [6, 6.07) is 9.75. The SMILES string of the molecule is Cc1ccc(NO)cc1Cl.Cc1nc2cc(CO)cc(F)c2cc1C1CCC(=O)NC1=O.[Y]. The molecule has 2 heterocycles. The fourth-order valence-corrected chi connectivity index (χ4v) is 3.68. The first-order chi connectivity index (χ1) is 15.2. The number of fused-ring (bicyclic) bond motifs is 1. The second-order valence-corrected chi connectivity index (χ2v) is 7.95. The van der Waals surface area contributed by atoms with Gasteiger partial charge in [0.25, 0.3) is 0 Å². The largest absolute Gasteiger partial charge is 0.392 e. The molecule has 1 fully saturated rings. The molecule has 0 aliphatic carbocycles. The monoisotopic (exact) mass is 548 g/mol. The van der Waals surface area contributed by atoms with E-state index in [-0.39, 0.29) is 57.6 Å². The molecule has 33 heavy (non-hydrogen) atoms. The zero-order chi connectivity index (χ0) is 23.4. The fraction of sp³-hybridized carbons (Fsp3) is 0.261. The summed E-state index contributed by atoms with van der Waals surface area (Å²) in [5.41, 5.74) is 5.76. The molecule has 3 aromatic rings. The van der Waals surface area contributed by atoms with Crippen molar-refractivity contribution in [3.05, 3.63) is 69.6 Å². The Balaban J connectivity index is 0.000000297. The Morgan fingerprint density at radius 3 is 2.55 bits per heavy atom. The molecule has 1 aliphatic heterocycles. The molecule has 1 aromatic heterocycles. The van der Waals surface area contributed by atoms with E-state index in [1.54, 1.807) is 31.2 Å². The number of carbonyl (C=O) groups is 2. The molecule has 1 unspecified atom stereocenters. The third-order valence-electron chi connectivity index (χ3n) is 5.27. The van der Waals surface area contributed by atoms with E-state index in [0.29, 0.717) is 44.9 Å². The average Bonchev–Trinajstić information content (AvgIpc) is 2.76. The van der Waals surface area contributed by atoms with Crippen LogP contribution in [0, 0.1) is 19.7 Å². The van der Waals surface area contributed by atoms with Crippen molar-refractivity contribution < 1.29 is 57.0 Å². The molecular formula is C23H23ClFN3O4Y. The van der Waals surface area contributed by atoms with Crippen LogP contribution in [0.4, 0.5) is 10.1 Å². The Labute approximate surface area is 220 Å². The summed E-state index contributed by atoms with van der Waals surface area (Å²) in [7, 11) is 0. The number of hydrogen-bond acceptors (Lipinski definition) is 6. The first kappa shape index (κ1) is 27.3. The van der Waals surface area contributed by atoms with Gasteiger partial charge in [0.2, 0.25) is 11.8 Å². The minimum Gasteiger partial charge on any atom is -0.392 e. The molecule has 1 saturated heterocycles. The second kappa shape index (κ2) is 11.9. The predicted molar refractivity (Wildman–Crippen MR) is 119 cm³/mol. The van der Waals surface area contributed by atoms with E-state index in [2.05, 4.69) is 10.3 Å². The van der Waals surface area contributed by atoms with Crippen LogP contribution in [0.5, 0.6) is 0 Å². The Kier molecular flexibility index (Phi) is 9.88. The third-order valence-corrected chi connectivity index (χ3v) is 5.68. The molecule has 1 radical (unpaired) electrons. The number of amides is 2. The number of aromatic nitrogens is 1. The number of benzene rings is 2. The normalized spacial score (nSPS) is 15.3. The number of aryl methyl sites for hydroxylation is 2. The van der Waals surface area contributed by atoms with Gasteiger partial charge in [-0.15, -0.1) is 0 Å². The van der Waals surface area contributed by atoms with Crippen LogP contribution in [-0.4, -0.2) is 27.1 Å². The van der Waals surface area contributed by atoms with Crippen molar-refractivity contribution in [1.29, 1.82) is 0 Å². The number of rotatable bonds is 3. The van der Waals surface area contributed by atoms with Gasteiger partial charge in [-0.2, -0.15) is 0 Å². The fourth-order valence-electron chi connectivity index (χ4n) is 3.50. The third kappa shape index (κ3) is 6.55. The maximum atomic E-state index is 14.2. The summed E-state index contributed by atoms with van der Waals surface area (Å²) in [4.78, 5) is 27.6. The first-order valence-corrected chi connectivity index (χ1v) is 10.3. The summed E-state index contributed by atoms with van der Waals surface area (Å²) < 4.78 is 14.2. The van der Waals surface area contributed by atoms with Gasteiger partial charge in [0, 0.05) is 55.2 Å². The van der Waals surface area contributed by atoms with Crippen molar-refractivity contribution in [3.8, 4) is 0 Å². The molecule has 2 amide bonds. The van der Waals surface area contributed by atoms with Crippen LogP contribution in [0.3, 0.4) is 0 Å². The van der Waals surface area contributed by atoms with Crippen molar-refractivity contribution in [2.45, 2.75) is 39.2 Å². The van der Waals surface area contributed by atoms with E-state index in [9.17, 15) is 14.0 Å². The first-order valence-electron chi connectivity index (χ1n) is 9.94. The molecule has 1 atom stereocenters. The van der Waals surface area contributed by atoms with Gasteiger partial charge in [0.1, 0.15) is 5.82 Å². The van der Waals surface area contributed by atoms with Gasteiger partial charge in [0.05, 0.1) is 23.7 Å². The van der Waals surface area contributed by atoms with Crippen molar-refractivity contribution in [2.24, 2.45) is 0 Å². The number of piperidine rings is 1. The van der Waals surface area contributed by atoms with Crippen LogP contribution in [0.15, 0.2) is 36.4 Å². The summed E-state index contributed by atoms with van der Waals surface area (Å²) in [6.45, 7) is 3.40. The molecule has 171 valence electrons. The topological polar surface area (TPSA) is 112 Å². The summed E-state index contributed by atoms with van der Waals surface area (Å²) in [6.07, 6.45) is 0.662. The average molecular weight is 549 g/mol. The smallest absolute Gasteiger partial charge is 0.234 e. The minimum absolute atomic E-state index is 0. The van der Waals surface area contributed by atoms with Crippen molar-refractivity contribution in [1.82, 2.24) is 10.3 Å². The standard InChI is InChI=1S/C16H15FN2O3.C7H8ClNO.Y/c1-8-11(10-2-3-15(21)19-16(10)22)6-12-13(17)4-9(7-20)5-14(12)18-8;1-5-2-3-6(9-10)4-7(5)8;/h4-6,10,20H,2-3,7H2,1H3,(H,19,21,22);2-4,9-10H,1H3;. The van der Waals surface area contributed by atoms with Crippen molar-refractivity contribution in [3.63, 3.8) is 0 Å². The number of aliphatic hydroxyl groups is 1. The van der Waals surface area contributed by atoms with Crippen LogP contribution in [0.2, 0.25) is 5.02 Å². The predicted octanol–water partition coefficient (Wildman–Crippen LogP) is 4.14. The van der Waals surface area contributed by atoms with E-state index < -0.39 is 11.7 Å². The van der Waals surface area contributed by atoms with Gasteiger partial charge in [0.15, 0.2) is 0 Å². The quantitative estimate of drug-likeness (QED) is 0.289. The number of pyridine rings is 1. The van der Waals surface area contributed by atoms with E-state index in [1.165, 1.54) is 6.07 Å². The molecule has 0 bridgehead atoms. The Hall–Kier alpha value is -1.97. The molecule has 7 nitrogen and oxygen atoms in total. The Morgan fingerprint density at radius 2 is 1.94 bits per heavy atom. The summed E-state index contributed by atoms with van der Waals surface area (Å²) in [5, 5.41) is 20.8. The molecule has 10 heteroatoms. The van der Waals surface area contributed by atoms with Crippen LogP contribution >= 0.6 is 11.6 Å². The molecule has 0 spiro atoms. The van der Waals surface area contributed by atoms with Crippen LogP contribution in [0.1, 0.15) is 41.1 Å². The van der Waals surface area contributed by atoms with Crippen molar-refractivity contribution in [2.75, 3.05) is 5.48 Å². The number of imide groups is 1. The van der Waals surface area contributed by atoms with E-state index in [1.807, 2.05) is 18.5 Å². The van der Waals surface area contributed by atoms with Gasteiger partial charge < -0.3 is 5.11 Å². The van der Waals surface area contributed by atoms with Crippen LogP contribution < -0.4 is 10.8 Å². The van der Waals surface area contributed by atoms with Gasteiger partial charge in [-0.1, -0.05) is 17.7 Å². The zero-order valence-corrected chi connectivity index (χ0v) is 21.7. The molecular weight excluding hydrogens is 526 g/mol.